The number of ether oxygens (including phenoxy) is 1. The van der Waals surface area contributed by atoms with E-state index in [-0.39, 0.29) is 12.1 Å². The van der Waals surface area contributed by atoms with E-state index in [9.17, 15) is 4.79 Å². The number of hydrogen-bond acceptors (Lipinski definition) is 2. The Labute approximate surface area is 101 Å². The highest BCUT2D eigenvalue weighted by molar-refractivity contribution is 5.91. The van der Waals surface area contributed by atoms with Crippen LogP contribution >= 0.6 is 0 Å². The van der Waals surface area contributed by atoms with Crippen molar-refractivity contribution in [3.63, 3.8) is 0 Å². The highest BCUT2D eigenvalue weighted by atomic mass is 16.5. The first kappa shape index (κ1) is 12.9. The molecule has 0 saturated heterocycles. The number of nitrogens with one attached hydrogen (secondary N) is 2. The fourth-order valence-electron chi connectivity index (χ4n) is 1.36. The lowest BCUT2D eigenvalue weighted by Crippen LogP contribution is -2.35. The van der Waals surface area contributed by atoms with Crippen LogP contribution in [0.25, 0.3) is 0 Å². The van der Waals surface area contributed by atoms with Crippen molar-refractivity contribution in [3.8, 4) is 18.1 Å². The largest absolute Gasteiger partial charge is 0.495 e. The summed E-state index contributed by atoms with van der Waals surface area (Å²) in [7, 11) is 1.55. The zero-order chi connectivity index (χ0) is 12.7. The van der Waals surface area contributed by atoms with E-state index < -0.39 is 0 Å². The third-order valence-electron chi connectivity index (χ3n) is 2.16. The number of para-hydroxylation sites is 2. The van der Waals surface area contributed by atoms with E-state index in [4.69, 9.17) is 11.2 Å². The van der Waals surface area contributed by atoms with Gasteiger partial charge < -0.3 is 15.4 Å². The van der Waals surface area contributed by atoms with Crippen molar-refractivity contribution in [2.45, 2.75) is 19.4 Å². The summed E-state index contributed by atoms with van der Waals surface area (Å²) in [5.74, 6) is 3.11. The number of rotatable bonds is 4. The number of terminal acetylenes is 1. The molecule has 0 aromatic heterocycles. The summed E-state index contributed by atoms with van der Waals surface area (Å²) in [5.41, 5.74) is 0.625. The second-order valence-corrected chi connectivity index (χ2v) is 3.61. The van der Waals surface area contributed by atoms with Crippen LogP contribution in [0.15, 0.2) is 24.3 Å². The van der Waals surface area contributed by atoms with Crippen LogP contribution < -0.4 is 15.4 Å². The average molecular weight is 232 g/mol. The molecule has 0 aliphatic rings. The molecule has 1 aromatic carbocycles. The Kier molecular flexibility index (Phi) is 4.89. The zero-order valence-corrected chi connectivity index (χ0v) is 9.99. The van der Waals surface area contributed by atoms with Crippen LogP contribution in [0, 0.1) is 12.3 Å². The maximum Gasteiger partial charge on any atom is 0.319 e. The third kappa shape index (κ3) is 4.07. The molecule has 0 aliphatic carbocycles. The van der Waals surface area contributed by atoms with Crippen molar-refractivity contribution >= 4 is 11.7 Å². The lowest BCUT2D eigenvalue weighted by atomic mass is 10.2. The van der Waals surface area contributed by atoms with Gasteiger partial charge in [-0.05, 0) is 19.1 Å². The lowest BCUT2D eigenvalue weighted by Gasteiger charge is -2.13. The van der Waals surface area contributed by atoms with E-state index in [1.807, 2.05) is 19.1 Å². The van der Waals surface area contributed by atoms with Gasteiger partial charge in [0.1, 0.15) is 5.75 Å². The zero-order valence-electron chi connectivity index (χ0n) is 9.99. The number of carbonyl (C=O) groups excluding carboxylic acids is 1. The maximum absolute atomic E-state index is 11.6. The van der Waals surface area contributed by atoms with Crippen LogP contribution in [0.3, 0.4) is 0 Å². The van der Waals surface area contributed by atoms with Crippen molar-refractivity contribution in [1.82, 2.24) is 5.32 Å². The van der Waals surface area contributed by atoms with E-state index in [0.29, 0.717) is 17.9 Å². The van der Waals surface area contributed by atoms with E-state index in [1.165, 1.54) is 0 Å². The van der Waals surface area contributed by atoms with Crippen LogP contribution in [-0.4, -0.2) is 19.2 Å². The molecular weight excluding hydrogens is 216 g/mol. The standard InChI is InChI=1S/C13H16N2O2/c1-4-7-10(2)14-13(16)15-11-8-5-6-9-12(11)17-3/h1,5-6,8-10H,7H2,2-3H3,(H2,14,15,16). The predicted octanol–water partition coefficient (Wildman–Crippen LogP) is 2.23. The SMILES string of the molecule is C#CCC(C)NC(=O)Nc1ccccc1OC. The molecule has 0 spiro atoms. The molecule has 1 aromatic rings. The minimum absolute atomic E-state index is 0.0605. The molecule has 1 atom stereocenters. The first-order valence-corrected chi connectivity index (χ1v) is 5.31. The quantitative estimate of drug-likeness (QED) is 0.782. The van der Waals surface area contributed by atoms with Gasteiger partial charge in [-0.15, -0.1) is 12.3 Å². The van der Waals surface area contributed by atoms with Crippen LogP contribution in [-0.2, 0) is 0 Å². The summed E-state index contributed by atoms with van der Waals surface area (Å²) in [6.07, 6.45) is 5.66. The molecule has 1 rings (SSSR count). The van der Waals surface area contributed by atoms with E-state index in [2.05, 4.69) is 16.6 Å². The fourth-order valence-corrected chi connectivity index (χ4v) is 1.36. The summed E-state index contributed by atoms with van der Waals surface area (Å²) in [6, 6.07) is 6.85. The van der Waals surface area contributed by atoms with Gasteiger partial charge in [-0.3, -0.25) is 0 Å². The Morgan fingerprint density at radius 2 is 2.24 bits per heavy atom. The Morgan fingerprint density at radius 1 is 1.53 bits per heavy atom. The monoisotopic (exact) mass is 232 g/mol. The molecule has 4 heteroatoms. The Hall–Kier alpha value is -2.15. The van der Waals surface area contributed by atoms with Gasteiger partial charge in [0.25, 0.3) is 0 Å². The second-order valence-electron chi connectivity index (χ2n) is 3.61. The smallest absolute Gasteiger partial charge is 0.319 e. The van der Waals surface area contributed by atoms with Crippen molar-refractivity contribution in [2.24, 2.45) is 0 Å². The number of anilines is 1. The minimum Gasteiger partial charge on any atom is -0.495 e. The molecule has 0 saturated carbocycles. The van der Waals surface area contributed by atoms with Crippen LogP contribution in [0.1, 0.15) is 13.3 Å². The molecule has 0 radical (unpaired) electrons. The molecule has 17 heavy (non-hydrogen) atoms. The summed E-state index contributed by atoms with van der Waals surface area (Å²) in [6.45, 7) is 1.85. The van der Waals surface area contributed by atoms with E-state index >= 15 is 0 Å². The van der Waals surface area contributed by atoms with Crippen LogP contribution in [0.2, 0.25) is 0 Å². The van der Waals surface area contributed by atoms with Crippen LogP contribution in [0.4, 0.5) is 10.5 Å². The van der Waals surface area contributed by atoms with E-state index in [1.54, 1.807) is 19.2 Å². The Morgan fingerprint density at radius 3 is 2.88 bits per heavy atom. The summed E-state index contributed by atoms with van der Waals surface area (Å²) in [4.78, 5) is 11.6. The number of carbonyl (C=O) groups is 1. The average Bonchev–Trinajstić information content (AvgIpc) is 2.29. The second kappa shape index (κ2) is 6.44. The highest BCUT2D eigenvalue weighted by Gasteiger charge is 2.08. The molecule has 2 N–H and O–H groups in total. The number of hydrogen-bond donors (Lipinski definition) is 2. The fraction of sp³-hybridized carbons (Fsp3) is 0.308. The van der Waals surface area contributed by atoms with Gasteiger partial charge >= 0.3 is 6.03 Å². The van der Waals surface area contributed by atoms with Gasteiger partial charge in [-0.1, -0.05) is 12.1 Å². The molecule has 0 fully saturated rings. The molecule has 0 heterocycles. The topological polar surface area (TPSA) is 50.4 Å². The van der Waals surface area contributed by atoms with Crippen molar-refractivity contribution in [1.29, 1.82) is 0 Å². The lowest BCUT2D eigenvalue weighted by molar-refractivity contribution is 0.249. The molecular formula is C13H16N2O2. The molecule has 0 aliphatic heterocycles. The molecule has 90 valence electrons. The predicted molar refractivity (Wildman–Crippen MR) is 68.1 cm³/mol. The minimum atomic E-state index is -0.294. The number of benzene rings is 1. The third-order valence-corrected chi connectivity index (χ3v) is 2.16. The van der Waals surface area contributed by atoms with Gasteiger partial charge in [-0.2, -0.15) is 0 Å². The van der Waals surface area contributed by atoms with Gasteiger partial charge in [0.2, 0.25) is 0 Å². The van der Waals surface area contributed by atoms with Gasteiger partial charge in [0, 0.05) is 12.5 Å². The first-order chi connectivity index (χ1) is 8.17. The van der Waals surface area contributed by atoms with Gasteiger partial charge in [0.05, 0.1) is 12.8 Å². The Bertz CT molecular complexity index is 424. The number of urea groups is 1. The maximum atomic E-state index is 11.6. The van der Waals surface area contributed by atoms with Gasteiger partial charge in [0.15, 0.2) is 0 Å². The summed E-state index contributed by atoms with van der Waals surface area (Å²) < 4.78 is 5.12. The molecule has 4 nitrogen and oxygen atoms in total. The number of methoxy groups -OCH3 is 1. The van der Waals surface area contributed by atoms with Crippen LogP contribution in [0.5, 0.6) is 5.75 Å². The summed E-state index contributed by atoms with van der Waals surface area (Å²) in [5, 5.41) is 5.44. The van der Waals surface area contributed by atoms with Gasteiger partial charge in [-0.25, -0.2) is 4.79 Å². The first-order valence-electron chi connectivity index (χ1n) is 5.31. The van der Waals surface area contributed by atoms with Crippen molar-refractivity contribution in [2.75, 3.05) is 12.4 Å². The molecule has 1 unspecified atom stereocenters. The van der Waals surface area contributed by atoms with Crippen molar-refractivity contribution in [3.05, 3.63) is 24.3 Å². The molecule has 0 bridgehead atoms. The van der Waals surface area contributed by atoms with E-state index in [0.717, 1.165) is 0 Å². The normalized spacial score (nSPS) is 11.1. The Balaban J connectivity index is 2.59. The summed E-state index contributed by atoms with van der Waals surface area (Å²) >= 11 is 0. The van der Waals surface area contributed by atoms with Crippen molar-refractivity contribution < 1.29 is 9.53 Å². The molecule has 2 amide bonds. The number of amides is 2. The highest BCUT2D eigenvalue weighted by Crippen LogP contribution is 2.22.